The summed E-state index contributed by atoms with van der Waals surface area (Å²) in [5, 5.41) is 16.9. The van der Waals surface area contributed by atoms with Crippen molar-refractivity contribution in [3.8, 4) is 23.0 Å². The number of hydrogen-bond donors (Lipinski definition) is 3. The molecule has 0 spiro atoms. The first-order valence-corrected chi connectivity index (χ1v) is 14.0. The topological polar surface area (TPSA) is 106 Å². The molecule has 1 amide bonds. The van der Waals surface area contributed by atoms with Crippen LogP contribution in [0.1, 0.15) is 55.2 Å². The van der Waals surface area contributed by atoms with Crippen molar-refractivity contribution in [3.63, 3.8) is 0 Å². The van der Waals surface area contributed by atoms with Gasteiger partial charge in [-0.1, -0.05) is 30.3 Å². The van der Waals surface area contributed by atoms with E-state index < -0.39 is 5.92 Å². The molecule has 0 aromatic heterocycles. The average Bonchev–Trinajstić information content (AvgIpc) is 2.98. The van der Waals surface area contributed by atoms with E-state index in [9.17, 15) is 14.7 Å². The molecule has 0 radical (unpaired) electrons. The second-order valence-corrected chi connectivity index (χ2v) is 10.6. The van der Waals surface area contributed by atoms with Crippen molar-refractivity contribution >= 4 is 17.4 Å². The summed E-state index contributed by atoms with van der Waals surface area (Å²) in [6.07, 6.45) is 0.849. The average molecular weight is 569 g/mol. The lowest BCUT2D eigenvalue weighted by Crippen LogP contribution is -2.37. The van der Waals surface area contributed by atoms with Gasteiger partial charge >= 0.3 is 0 Å². The van der Waals surface area contributed by atoms with Crippen molar-refractivity contribution in [3.05, 3.63) is 99.9 Å². The number of nitrogens with one attached hydrogen (secondary N) is 2. The minimum absolute atomic E-state index is 0.00108. The normalized spacial score (nSPS) is 18.3. The number of para-hydroxylation sites is 1. The summed E-state index contributed by atoms with van der Waals surface area (Å²) in [6.45, 7) is 5.99. The molecular weight excluding hydrogens is 532 g/mol. The van der Waals surface area contributed by atoms with Crippen LogP contribution < -0.4 is 24.8 Å². The third kappa shape index (κ3) is 5.44. The Labute approximate surface area is 246 Å². The van der Waals surface area contributed by atoms with Crippen molar-refractivity contribution in [1.29, 1.82) is 0 Å². The van der Waals surface area contributed by atoms with Crippen molar-refractivity contribution < 1.29 is 28.9 Å². The number of carbonyl (C=O) groups is 2. The largest absolute Gasteiger partial charge is 0.504 e. The number of ketones is 1. The number of dihydropyridines is 1. The second kappa shape index (κ2) is 12.0. The molecule has 5 rings (SSSR count). The van der Waals surface area contributed by atoms with Gasteiger partial charge < -0.3 is 30.0 Å². The lowest BCUT2D eigenvalue weighted by Gasteiger charge is -2.37. The summed E-state index contributed by atoms with van der Waals surface area (Å²) >= 11 is 0. The Hall–Kier alpha value is -4.72. The number of Topliss-reactive ketones (excluding diaryl/α,β-unsaturated/α-hetero) is 1. The fourth-order valence-electron chi connectivity index (χ4n) is 5.90. The Bertz CT molecular complexity index is 1610. The van der Waals surface area contributed by atoms with Gasteiger partial charge in [-0.15, -0.1) is 0 Å². The molecule has 0 bridgehead atoms. The molecule has 3 aromatic carbocycles. The molecule has 1 aliphatic carbocycles. The molecule has 3 N–H and O–H groups in total. The highest BCUT2D eigenvalue weighted by molar-refractivity contribution is 6.10. The third-order valence-electron chi connectivity index (χ3n) is 7.96. The van der Waals surface area contributed by atoms with Gasteiger partial charge in [0.05, 0.1) is 20.8 Å². The standard InChI is InChI=1S/C34H36N2O6/c1-6-42-29-18-22(11-13-26(29)37)32-31(34(39)36-24-10-8-7-9-19(24)2)20(3)35-25-15-23(16-27(38)33(25)32)21-12-14-28(40-4)30(17-21)41-5/h7-14,17-18,23,32,35,37H,6,15-16H2,1-5H3,(H,36,39)/t23-,32-/m1/s1. The summed E-state index contributed by atoms with van der Waals surface area (Å²) in [5.41, 5.74) is 5.74. The van der Waals surface area contributed by atoms with Gasteiger partial charge in [-0.25, -0.2) is 0 Å². The van der Waals surface area contributed by atoms with Crippen LogP contribution in [0, 0.1) is 6.92 Å². The van der Waals surface area contributed by atoms with Gasteiger partial charge in [0.1, 0.15) is 0 Å². The lowest BCUT2D eigenvalue weighted by molar-refractivity contribution is -0.116. The molecule has 42 heavy (non-hydrogen) atoms. The maximum absolute atomic E-state index is 14.0. The second-order valence-electron chi connectivity index (χ2n) is 10.6. The van der Waals surface area contributed by atoms with Gasteiger partial charge in [0.15, 0.2) is 28.8 Å². The van der Waals surface area contributed by atoms with E-state index in [-0.39, 0.29) is 29.8 Å². The number of phenolic OH excluding ortho intramolecular Hbond substituents is 1. The highest BCUT2D eigenvalue weighted by Crippen LogP contribution is 2.47. The molecule has 2 atom stereocenters. The van der Waals surface area contributed by atoms with Gasteiger partial charge in [0, 0.05) is 40.6 Å². The van der Waals surface area contributed by atoms with Crippen molar-refractivity contribution in [2.45, 2.75) is 45.4 Å². The zero-order chi connectivity index (χ0) is 30.0. The SMILES string of the molecule is CCOc1cc([C@@H]2C(C(=O)Nc3ccccc3C)=C(C)NC3=C2C(=O)C[C@H](c2ccc(OC)c(OC)c2)C3)ccc1O. The quantitative estimate of drug-likeness (QED) is 0.301. The maximum atomic E-state index is 14.0. The van der Waals surface area contributed by atoms with E-state index in [0.717, 1.165) is 16.8 Å². The molecule has 218 valence electrons. The predicted octanol–water partition coefficient (Wildman–Crippen LogP) is 6.12. The zero-order valence-corrected chi connectivity index (χ0v) is 24.5. The minimum Gasteiger partial charge on any atom is -0.504 e. The summed E-state index contributed by atoms with van der Waals surface area (Å²) < 4.78 is 16.6. The summed E-state index contributed by atoms with van der Waals surface area (Å²) in [4.78, 5) is 28.0. The number of phenols is 1. The van der Waals surface area contributed by atoms with E-state index in [2.05, 4.69) is 10.6 Å². The molecule has 8 heteroatoms. The lowest BCUT2D eigenvalue weighted by atomic mass is 9.71. The number of carbonyl (C=O) groups excluding carboxylic acids is 2. The zero-order valence-electron chi connectivity index (χ0n) is 24.5. The van der Waals surface area contributed by atoms with Crippen molar-refractivity contribution in [2.24, 2.45) is 0 Å². The molecule has 1 aliphatic heterocycles. The van der Waals surface area contributed by atoms with E-state index >= 15 is 0 Å². The molecule has 1 heterocycles. The number of amides is 1. The van der Waals surface area contributed by atoms with Crippen LogP contribution in [0.5, 0.6) is 23.0 Å². The molecular formula is C34H36N2O6. The predicted molar refractivity (Wildman–Crippen MR) is 161 cm³/mol. The van der Waals surface area contributed by atoms with Crippen LogP contribution in [0.15, 0.2) is 83.2 Å². The van der Waals surface area contributed by atoms with Crippen LogP contribution in [0.4, 0.5) is 5.69 Å². The number of hydrogen-bond acceptors (Lipinski definition) is 7. The maximum Gasteiger partial charge on any atom is 0.254 e. The Kier molecular flexibility index (Phi) is 8.24. The first-order valence-electron chi connectivity index (χ1n) is 14.0. The molecule has 0 saturated carbocycles. The van der Waals surface area contributed by atoms with Crippen molar-refractivity contribution in [1.82, 2.24) is 5.32 Å². The van der Waals surface area contributed by atoms with Crippen LogP contribution >= 0.6 is 0 Å². The van der Waals surface area contributed by atoms with Crippen LogP contribution in [-0.4, -0.2) is 37.6 Å². The number of ether oxygens (including phenoxy) is 3. The Morgan fingerprint density at radius 3 is 2.38 bits per heavy atom. The Morgan fingerprint density at radius 1 is 0.952 bits per heavy atom. The first kappa shape index (κ1) is 28.8. The Balaban J connectivity index is 1.58. The summed E-state index contributed by atoms with van der Waals surface area (Å²) in [7, 11) is 3.18. The molecule has 3 aromatic rings. The van der Waals surface area contributed by atoms with Gasteiger partial charge in [-0.3, -0.25) is 9.59 Å². The van der Waals surface area contributed by atoms with Gasteiger partial charge in [-0.2, -0.15) is 0 Å². The molecule has 2 aliphatic rings. The van der Waals surface area contributed by atoms with Gasteiger partial charge in [0.25, 0.3) is 5.91 Å². The van der Waals surface area contributed by atoms with Crippen LogP contribution in [0.3, 0.4) is 0 Å². The number of aromatic hydroxyl groups is 1. The number of aryl methyl sites for hydroxylation is 1. The first-order chi connectivity index (χ1) is 20.2. The molecule has 0 unspecified atom stereocenters. The number of methoxy groups -OCH3 is 2. The van der Waals surface area contributed by atoms with E-state index in [1.165, 1.54) is 0 Å². The smallest absolute Gasteiger partial charge is 0.254 e. The van der Waals surface area contributed by atoms with Gasteiger partial charge in [0.2, 0.25) is 0 Å². The van der Waals surface area contributed by atoms with Crippen LogP contribution in [-0.2, 0) is 9.59 Å². The fraction of sp³-hybridized carbons (Fsp3) is 0.294. The number of anilines is 1. The van der Waals surface area contributed by atoms with Crippen LogP contribution in [0.2, 0.25) is 0 Å². The summed E-state index contributed by atoms with van der Waals surface area (Å²) in [5.74, 6) is 0.453. The third-order valence-corrected chi connectivity index (χ3v) is 7.96. The highest BCUT2D eigenvalue weighted by atomic mass is 16.5. The molecule has 0 fully saturated rings. The highest BCUT2D eigenvalue weighted by Gasteiger charge is 2.41. The Morgan fingerprint density at radius 2 is 1.67 bits per heavy atom. The molecule has 0 saturated heterocycles. The van der Waals surface area contributed by atoms with E-state index in [4.69, 9.17) is 14.2 Å². The fourth-order valence-corrected chi connectivity index (χ4v) is 5.90. The number of benzene rings is 3. The van der Waals surface area contributed by atoms with Gasteiger partial charge in [-0.05, 0) is 80.1 Å². The van der Waals surface area contributed by atoms with E-state index in [1.54, 1.807) is 32.4 Å². The van der Waals surface area contributed by atoms with E-state index in [0.29, 0.717) is 58.4 Å². The monoisotopic (exact) mass is 568 g/mol. The van der Waals surface area contributed by atoms with Crippen molar-refractivity contribution in [2.75, 3.05) is 26.1 Å². The number of allylic oxidation sites excluding steroid dienone is 3. The number of rotatable bonds is 8. The van der Waals surface area contributed by atoms with E-state index in [1.807, 2.05) is 63.2 Å². The van der Waals surface area contributed by atoms with Crippen LogP contribution in [0.25, 0.3) is 0 Å². The summed E-state index contributed by atoms with van der Waals surface area (Å²) in [6, 6.07) is 18.3. The molecule has 8 nitrogen and oxygen atoms in total. The minimum atomic E-state index is -0.649.